The summed E-state index contributed by atoms with van der Waals surface area (Å²) in [7, 11) is 1.61. The number of aromatic nitrogens is 2. The van der Waals surface area contributed by atoms with Crippen LogP contribution in [-0.2, 0) is 11.2 Å². The maximum absolute atomic E-state index is 12.2. The summed E-state index contributed by atoms with van der Waals surface area (Å²) in [6.45, 7) is 1.92. The summed E-state index contributed by atoms with van der Waals surface area (Å²) >= 11 is 0. The SMILES string of the molecule is COc1cccc(CC(=O)N[C@@H](C)c2nc3ccccc3[nH]2)c1. The van der Waals surface area contributed by atoms with Crippen molar-refractivity contribution in [2.75, 3.05) is 7.11 Å². The fourth-order valence-electron chi connectivity index (χ4n) is 2.51. The predicted molar refractivity (Wildman–Crippen MR) is 89.3 cm³/mol. The number of fused-ring (bicyclic) bond motifs is 1. The molecule has 1 aromatic heterocycles. The number of amides is 1. The Morgan fingerprint density at radius 2 is 2.09 bits per heavy atom. The zero-order valence-corrected chi connectivity index (χ0v) is 13.2. The second-order valence-corrected chi connectivity index (χ2v) is 5.46. The van der Waals surface area contributed by atoms with Gasteiger partial charge in [-0.15, -0.1) is 0 Å². The van der Waals surface area contributed by atoms with E-state index in [-0.39, 0.29) is 11.9 Å². The van der Waals surface area contributed by atoms with Crippen molar-refractivity contribution in [1.82, 2.24) is 15.3 Å². The zero-order chi connectivity index (χ0) is 16.2. The second-order valence-electron chi connectivity index (χ2n) is 5.46. The molecule has 5 nitrogen and oxygen atoms in total. The summed E-state index contributed by atoms with van der Waals surface area (Å²) < 4.78 is 5.17. The van der Waals surface area contributed by atoms with Gasteiger partial charge in [-0.2, -0.15) is 0 Å². The molecule has 2 aromatic carbocycles. The van der Waals surface area contributed by atoms with Crippen molar-refractivity contribution in [1.29, 1.82) is 0 Å². The zero-order valence-electron chi connectivity index (χ0n) is 13.2. The molecule has 23 heavy (non-hydrogen) atoms. The number of aromatic amines is 1. The van der Waals surface area contributed by atoms with Crippen molar-refractivity contribution in [3.63, 3.8) is 0 Å². The van der Waals surface area contributed by atoms with Gasteiger partial charge in [0.05, 0.1) is 30.6 Å². The molecule has 0 unspecified atom stereocenters. The van der Waals surface area contributed by atoms with Gasteiger partial charge in [-0.1, -0.05) is 24.3 Å². The highest BCUT2D eigenvalue weighted by Crippen LogP contribution is 2.16. The Hall–Kier alpha value is -2.82. The number of nitrogens with zero attached hydrogens (tertiary/aromatic N) is 1. The van der Waals surface area contributed by atoms with E-state index in [2.05, 4.69) is 15.3 Å². The van der Waals surface area contributed by atoms with Gasteiger partial charge in [-0.25, -0.2) is 4.98 Å². The van der Waals surface area contributed by atoms with Gasteiger partial charge >= 0.3 is 0 Å². The molecule has 0 radical (unpaired) electrons. The van der Waals surface area contributed by atoms with E-state index < -0.39 is 0 Å². The molecule has 5 heteroatoms. The lowest BCUT2D eigenvalue weighted by Crippen LogP contribution is -2.28. The molecule has 118 valence electrons. The molecule has 0 bridgehead atoms. The molecule has 0 aliphatic carbocycles. The number of para-hydroxylation sites is 2. The van der Waals surface area contributed by atoms with Crippen molar-refractivity contribution >= 4 is 16.9 Å². The standard InChI is InChI=1S/C18H19N3O2/c1-12(18-20-15-8-3-4-9-16(15)21-18)19-17(22)11-13-6-5-7-14(10-13)23-2/h3-10,12H,11H2,1-2H3,(H,19,22)(H,20,21)/t12-/m0/s1. The van der Waals surface area contributed by atoms with E-state index in [1.807, 2.05) is 55.5 Å². The number of imidazole rings is 1. The average molecular weight is 309 g/mol. The third-order valence-electron chi connectivity index (χ3n) is 3.69. The molecule has 0 saturated heterocycles. The van der Waals surface area contributed by atoms with E-state index in [0.717, 1.165) is 28.2 Å². The highest BCUT2D eigenvalue weighted by molar-refractivity contribution is 5.79. The van der Waals surface area contributed by atoms with E-state index in [1.165, 1.54) is 0 Å². The van der Waals surface area contributed by atoms with Crippen molar-refractivity contribution in [2.24, 2.45) is 0 Å². The number of ether oxygens (including phenoxy) is 1. The van der Waals surface area contributed by atoms with E-state index in [0.29, 0.717) is 6.42 Å². The Morgan fingerprint density at radius 3 is 2.87 bits per heavy atom. The number of methoxy groups -OCH3 is 1. The van der Waals surface area contributed by atoms with Gasteiger partial charge in [-0.05, 0) is 36.8 Å². The highest BCUT2D eigenvalue weighted by Gasteiger charge is 2.14. The van der Waals surface area contributed by atoms with Crippen molar-refractivity contribution < 1.29 is 9.53 Å². The molecule has 3 rings (SSSR count). The molecule has 1 heterocycles. The Labute approximate surface area is 134 Å². The average Bonchev–Trinajstić information content (AvgIpc) is 2.99. The van der Waals surface area contributed by atoms with Gasteiger partial charge in [-0.3, -0.25) is 4.79 Å². The van der Waals surface area contributed by atoms with Crippen LogP contribution in [0.3, 0.4) is 0 Å². The second kappa shape index (κ2) is 6.52. The monoisotopic (exact) mass is 309 g/mol. The van der Waals surface area contributed by atoms with Crippen molar-refractivity contribution in [3.05, 3.63) is 59.9 Å². The lowest BCUT2D eigenvalue weighted by Gasteiger charge is -2.11. The summed E-state index contributed by atoms with van der Waals surface area (Å²) in [5.41, 5.74) is 2.78. The first-order valence-electron chi connectivity index (χ1n) is 7.52. The van der Waals surface area contributed by atoms with Crippen LogP contribution in [0.15, 0.2) is 48.5 Å². The Kier molecular flexibility index (Phi) is 4.28. The first-order valence-corrected chi connectivity index (χ1v) is 7.52. The van der Waals surface area contributed by atoms with Crippen LogP contribution < -0.4 is 10.1 Å². The van der Waals surface area contributed by atoms with Crippen LogP contribution in [0.1, 0.15) is 24.4 Å². The number of hydrogen-bond donors (Lipinski definition) is 2. The fraction of sp³-hybridized carbons (Fsp3) is 0.222. The predicted octanol–water partition coefficient (Wildman–Crippen LogP) is 2.99. The number of hydrogen-bond acceptors (Lipinski definition) is 3. The van der Waals surface area contributed by atoms with Crippen LogP contribution in [0.4, 0.5) is 0 Å². The first-order chi connectivity index (χ1) is 11.2. The molecule has 0 aliphatic heterocycles. The van der Waals surface area contributed by atoms with Crippen LogP contribution in [0.2, 0.25) is 0 Å². The van der Waals surface area contributed by atoms with Gasteiger partial charge in [0.1, 0.15) is 11.6 Å². The minimum Gasteiger partial charge on any atom is -0.497 e. The number of carbonyl (C=O) groups excluding carboxylic acids is 1. The molecular weight excluding hydrogens is 290 g/mol. The van der Waals surface area contributed by atoms with Crippen LogP contribution in [0, 0.1) is 0 Å². The lowest BCUT2D eigenvalue weighted by atomic mass is 10.1. The molecule has 2 N–H and O–H groups in total. The van der Waals surface area contributed by atoms with E-state index in [4.69, 9.17) is 4.74 Å². The molecule has 0 aliphatic rings. The topological polar surface area (TPSA) is 67.0 Å². The van der Waals surface area contributed by atoms with Gasteiger partial charge < -0.3 is 15.0 Å². The Balaban J connectivity index is 1.66. The minimum atomic E-state index is -0.180. The van der Waals surface area contributed by atoms with Crippen LogP contribution >= 0.6 is 0 Å². The summed E-state index contributed by atoms with van der Waals surface area (Å²) in [6.07, 6.45) is 0.307. The number of rotatable bonds is 5. The number of nitrogens with one attached hydrogen (secondary N) is 2. The Bertz CT molecular complexity index is 793. The van der Waals surface area contributed by atoms with Gasteiger partial charge in [0.25, 0.3) is 0 Å². The van der Waals surface area contributed by atoms with Crippen LogP contribution in [-0.4, -0.2) is 23.0 Å². The first kappa shape index (κ1) is 15.1. The highest BCUT2D eigenvalue weighted by atomic mass is 16.5. The molecule has 3 aromatic rings. The third-order valence-corrected chi connectivity index (χ3v) is 3.69. The summed E-state index contributed by atoms with van der Waals surface area (Å²) in [5.74, 6) is 1.46. The van der Waals surface area contributed by atoms with Crippen molar-refractivity contribution in [2.45, 2.75) is 19.4 Å². The lowest BCUT2D eigenvalue weighted by molar-refractivity contribution is -0.121. The van der Waals surface area contributed by atoms with E-state index >= 15 is 0 Å². The maximum Gasteiger partial charge on any atom is 0.224 e. The van der Waals surface area contributed by atoms with Crippen molar-refractivity contribution in [3.8, 4) is 5.75 Å². The summed E-state index contributed by atoms with van der Waals surface area (Å²) in [5, 5.41) is 2.97. The van der Waals surface area contributed by atoms with Crippen LogP contribution in [0.5, 0.6) is 5.75 Å². The molecule has 0 saturated carbocycles. The third kappa shape index (κ3) is 3.51. The number of H-pyrrole nitrogens is 1. The maximum atomic E-state index is 12.2. The van der Waals surface area contributed by atoms with Gasteiger partial charge in [0.2, 0.25) is 5.91 Å². The minimum absolute atomic E-state index is 0.0498. The molecule has 0 fully saturated rings. The normalized spacial score (nSPS) is 12.1. The smallest absolute Gasteiger partial charge is 0.224 e. The van der Waals surface area contributed by atoms with Gasteiger partial charge in [0.15, 0.2) is 0 Å². The summed E-state index contributed by atoms with van der Waals surface area (Å²) in [4.78, 5) is 20.0. The molecule has 1 amide bonds. The number of benzene rings is 2. The van der Waals surface area contributed by atoms with E-state index in [1.54, 1.807) is 7.11 Å². The fourth-order valence-corrected chi connectivity index (χ4v) is 2.51. The van der Waals surface area contributed by atoms with Gasteiger partial charge in [0, 0.05) is 0 Å². The quantitative estimate of drug-likeness (QED) is 0.761. The number of carbonyl (C=O) groups is 1. The molecular formula is C18H19N3O2. The summed E-state index contributed by atoms with van der Waals surface area (Å²) in [6, 6.07) is 15.1. The molecule has 1 atom stereocenters. The molecule has 0 spiro atoms. The van der Waals surface area contributed by atoms with Crippen LogP contribution in [0.25, 0.3) is 11.0 Å². The Morgan fingerprint density at radius 1 is 1.26 bits per heavy atom. The van der Waals surface area contributed by atoms with E-state index in [9.17, 15) is 4.79 Å². The largest absolute Gasteiger partial charge is 0.497 e.